The predicted octanol–water partition coefficient (Wildman–Crippen LogP) is 17.2. The van der Waals surface area contributed by atoms with Crippen LogP contribution in [0.5, 0.6) is 17.2 Å². The van der Waals surface area contributed by atoms with Crippen molar-refractivity contribution in [1.29, 1.82) is 0 Å². The van der Waals surface area contributed by atoms with Crippen LogP contribution in [0.4, 0.5) is 21.0 Å². The van der Waals surface area contributed by atoms with Gasteiger partial charge in [0.25, 0.3) is 0 Å². The van der Waals surface area contributed by atoms with Crippen molar-refractivity contribution in [2.75, 3.05) is 30.5 Å². The maximum atomic E-state index is 13.0. The largest absolute Gasteiger partial charge is 0.494 e. The highest BCUT2D eigenvalue weighted by Crippen LogP contribution is 2.22. The molecule has 0 bridgehead atoms. The highest BCUT2D eigenvalue weighted by Gasteiger charge is 2.09. The van der Waals surface area contributed by atoms with Gasteiger partial charge in [-0.2, -0.15) is 0 Å². The van der Waals surface area contributed by atoms with Gasteiger partial charge in [0.15, 0.2) is 0 Å². The second-order valence-corrected chi connectivity index (χ2v) is 18.7. The zero-order chi connectivity index (χ0) is 47.7. The average molecular weight is 927 g/mol. The van der Waals surface area contributed by atoms with E-state index in [0.29, 0.717) is 44.3 Å². The molecule has 3 aromatic rings. The third kappa shape index (κ3) is 30.6. The van der Waals surface area contributed by atoms with Crippen LogP contribution in [0.3, 0.4) is 0 Å². The van der Waals surface area contributed by atoms with Gasteiger partial charge in [-0.3, -0.25) is 0 Å². The van der Waals surface area contributed by atoms with Crippen molar-refractivity contribution >= 4 is 23.4 Å². The smallest absolute Gasteiger partial charge is 0.319 e. The Labute approximate surface area is 408 Å². The van der Waals surface area contributed by atoms with Gasteiger partial charge >= 0.3 is 12.1 Å². The molecule has 0 aromatic heterocycles. The van der Waals surface area contributed by atoms with Crippen LogP contribution in [0.1, 0.15) is 225 Å². The first kappa shape index (κ1) is 56.9. The maximum absolute atomic E-state index is 13.0. The molecule has 0 radical (unpaired) electrons. The quantitative estimate of drug-likeness (QED) is 0.0423. The molecule has 0 spiro atoms. The summed E-state index contributed by atoms with van der Waals surface area (Å²) in [5.41, 5.74) is 3.16. The topological polar surface area (TPSA) is 110 Å². The van der Waals surface area contributed by atoms with Crippen LogP contribution in [0.25, 0.3) is 0 Å². The number of ether oxygens (including phenoxy) is 3. The van der Waals surface area contributed by atoms with Crippen LogP contribution in [0.15, 0.2) is 66.7 Å². The zero-order valence-electron chi connectivity index (χ0n) is 42.6. The molecule has 9 heteroatoms. The van der Waals surface area contributed by atoms with E-state index >= 15 is 0 Å². The van der Waals surface area contributed by atoms with Crippen molar-refractivity contribution in [2.45, 2.75) is 226 Å². The highest BCUT2D eigenvalue weighted by atomic mass is 16.5. The summed E-state index contributed by atoms with van der Waals surface area (Å²) >= 11 is 0. The third-order valence-electron chi connectivity index (χ3n) is 12.5. The number of unbranched alkanes of at least 4 members (excludes halogenated alkanes) is 27. The number of urea groups is 2. The van der Waals surface area contributed by atoms with Crippen LogP contribution < -0.4 is 35.5 Å². The standard InChI is InChI=1S/C58H94N4O5/c1-4-7-10-13-16-19-22-25-28-31-42-65-54-38-34-52(35-39-54)61-57(63)59-48-50-45-51(47-56(46-50)67-44-33-30-27-24-21-18-15-12-9-6-3)49-60-58(64)62-53-36-40-55(41-37-53)66-43-32-29-26-23-20-17-14-11-8-5-2/h34-41,45-47H,4-33,42-44,48-49H2,1-3H3,(H2,59,61,63)(H2,60,62,64). The van der Waals surface area contributed by atoms with E-state index in [4.69, 9.17) is 14.2 Å². The summed E-state index contributed by atoms with van der Waals surface area (Å²) in [5.74, 6) is 2.35. The van der Waals surface area contributed by atoms with Crippen LogP contribution in [-0.2, 0) is 13.1 Å². The number of benzene rings is 3. The van der Waals surface area contributed by atoms with E-state index in [9.17, 15) is 9.59 Å². The van der Waals surface area contributed by atoms with E-state index in [1.165, 1.54) is 167 Å². The summed E-state index contributed by atoms with van der Waals surface area (Å²) in [4.78, 5) is 26.0. The van der Waals surface area contributed by atoms with Crippen LogP contribution in [0.2, 0.25) is 0 Å². The van der Waals surface area contributed by atoms with Crippen molar-refractivity contribution in [3.8, 4) is 17.2 Å². The third-order valence-corrected chi connectivity index (χ3v) is 12.5. The molecule has 0 atom stereocenters. The molecule has 0 heterocycles. The summed E-state index contributed by atoms with van der Waals surface area (Å²) in [6, 6.07) is 20.4. The summed E-state index contributed by atoms with van der Waals surface area (Å²) < 4.78 is 18.2. The molecule has 0 fully saturated rings. The van der Waals surface area contributed by atoms with Gasteiger partial charge in [-0.15, -0.1) is 0 Å². The SMILES string of the molecule is CCCCCCCCCCCCOc1ccc(NC(=O)NCc2cc(CNC(=O)Nc3ccc(OCCCCCCCCCCCC)cc3)cc(OCCCCCCCCCCCC)c2)cc1. The van der Waals surface area contributed by atoms with Gasteiger partial charge in [-0.1, -0.05) is 200 Å². The van der Waals surface area contributed by atoms with Crippen LogP contribution in [0, 0.1) is 0 Å². The van der Waals surface area contributed by atoms with E-state index in [2.05, 4.69) is 42.0 Å². The first-order chi connectivity index (χ1) is 33.0. The molecule has 0 aliphatic heterocycles. The fraction of sp³-hybridized carbons (Fsp3) is 0.655. The Bertz CT molecular complexity index is 1540. The fourth-order valence-corrected chi connectivity index (χ4v) is 8.34. The molecule has 67 heavy (non-hydrogen) atoms. The van der Waals surface area contributed by atoms with Gasteiger partial charge < -0.3 is 35.5 Å². The van der Waals surface area contributed by atoms with Crippen molar-refractivity contribution in [1.82, 2.24) is 10.6 Å². The fourth-order valence-electron chi connectivity index (χ4n) is 8.34. The van der Waals surface area contributed by atoms with Crippen LogP contribution in [-0.4, -0.2) is 31.9 Å². The average Bonchev–Trinajstić information content (AvgIpc) is 3.34. The molecule has 0 saturated heterocycles. The number of anilines is 2. The van der Waals surface area contributed by atoms with E-state index in [0.717, 1.165) is 54.1 Å². The van der Waals surface area contributed by atoms with Gasteiger partial charge in [0.05, 0.1) is 19.8 Å². The summed E-state index contributed by atoms with van der Waals surface area (Å²) in [6.07, 6.45) is 38.6. The number of hydrogen-bond donors (Lipinski definition) is 4. The lowest BCUT2D eigenvalue weighted by molar-refractivity contribution is 0.251. The first-order valence-electron chi connectivity index (χ1n) is 27.3. The Morgan fingerprint density at radius 3 is 0.910 bits per heavy atom. The lowest BCUT2D eigenvalue weighted by Gasteiger charge is -2.14. The van der Waals surface area contributed by atoms with E-state index in [1.807, 2.05) is 66.7 Å². The Morgan fingerprint density at radius 1 is 0.343 bits per heavy atom. The summed E-state index contributed by atoms with van der Waals surface area (Å²) in [7, 11) is 0. The Kier molecular flexibility index (Phi) is 33.6. The number of carbonyl (C=O) groups excluding carboxylic acids is 2. The van der Waals surface area contributed by atoms with Gasteiger partial charge in [0.2, 0.25) is 0 Å². The second-order valence-electron chi connectivity index (χ2n) is 18.7. The lowest BCUT2D eigenvalue weighted by atomic mass is 10.1. The maximum Gasteiger partial charge on any atom is 0.319 e. The minimum Gasteiger partial charge on any atom is -0.494 e. The molecule has 0 saturated carbocycles. The number of carbonyl (C=O) groups is 2. The van der Waals surface area contributed by atoms with Gasteiger partial charge in [0, 0.05) is 24.5 Å². The van der Waals surface area contributed by atoms with Crippen molar-refractivity contribution in [2.24, 2.45) is 0 Å². The molecule has 0 aliphatic carbocycles. The Morgan fingerprint density at radius 2 is 0.612 bits per heavy atom. The molecule has 4 N–H and O–H groups in total. The molecule has 3 aromatic carbocycles. The zero-order valence-corrected chi connectivity index (χ0v) is 42.6. The minimum absolute atomic E-state index is 0.300. The molecule has 3 rings (SSSR count). The van der Waals surface area contributed by atoms with Gasteiger partial charge in [0.1, 0.15) is 17.2 Å². The van der Waals surface area contributed by atoms with E-state index in [1.54, 1.807) is 0 Å². The number of hydrogen-bond acceptors (Lipinski definition) is 5. The molecule has 376 valence electrons. The molecule has 9 nitrogen and oxygen atoms in total. The minimum atomic E-state index is -0.301. The monoisotopic (exact) mass is 927 g/mol. The highest BCUT2D eigenvalue weighted by molar-refractivity contribution is 5.89. The number of nitrogens with one attached hydrogen (secondary N) is 4. The van der Waals surface area contributed by atoms with Crippen molar-refractivity contribution in [3.63, 3.8) is 0 Å². The molecule has 4 amide bonds. The van der Waals surface area contributed by atoms with Gasteiger partial charge in [-0.25, -0.2) is 9.59 Å². The summed E-state index contributed by atoms with van der Waals surface area (Å²) in [6.45, 7) is 9.43. The van der Waals surface area contributed by atoms with E-state index in [-0.39, 0.29) is 12.1 Å². The van der Waals surface area contributed by atoms with Crippen molar-refractivity contribution in [3.05, 3.63) is 77.9 Å². The van der Waals surface area contributed by atoms with Crippen LogP contribution >= 0.6 is 0 Å². The second kappa shape index (κ2) is 39.6. The normalized spacial score (nSPS) is 11.0. The number of amides is 4. The molecular formula is C58H94N4O5. The predicted molar refractivity (Wildman–Crippen MR) is 283 cm³/mol. The Balaban J connectivity index is 1.41. The first-order valence-corrected chi connectivity index (χ1v) is 27.3. The lowest BCUT2D eigenvalue weighted by Crippen LogP contribution is -2.29. The van der Waals surface area contributed by atoms with E-state index < -0.39 is 0 Å². The van der Waals surface area contributed by atoms with Gasteiger partial charge in [-0.05, 0) is 91.1 Å². The van der Waals surface area contributed by atoms with Crippen molar-refractivity contribution < 1.29 is 23.8 Å². The molecular weight excluding hydrogens is 833 g/mol. The Hall–Kier alpha value is -4.40. The molecule has 0 aliphatic rings. The molecule has 0 unspecified atom stereocenters. The summed E-state index contributed by atoms with van der Waals surface area (Å²) in [5, 5.41) is 11.9. The number of rotatable bonds is 42.